The molecule has 0 saturated carbocycles. The van der Waals surface area contributed by atoms with E-state index in [1.165, 1.54) is 6.92 Å². The summed E-state index contributed by atoms with van der Waals surface area (Å²) >= 11 is 0. The highest BCUT2D eigenvalue weighted by molar-refractivity contribution is 6.06. The molecule has 1 heterocycles. The van der Waals surface area contributed by atoms with Gasteiger partial charge in [-0.3, -0.25) is 9.59 Å². The maximum absolute atomic E-state index is 13.0. The summed E-state index contributed by atoms with van der Waals surface area (Å²) in [6.07, 6.45) is 0. The third kappa shape index (κ3) is 3.22. The second kappa shape index (κ2) is 6.59. The molecule has 2 aromatic rings. The van der Waals surface area contributed by atoms with E-state index in [2.05, 4.69) is 11.4 Å². The van der Waals surface area contributed by atoms with E-state index in [4.69, 9.17) is 4.74 Å². The van der Waals surface area contributed by atoms with Crippen LogP contribution in [0, 0.1) is 13.8 Å². The van der Waals surface area contributed by atoms with Crippen molar-refractivity contribution < 1.29 is 14.3 Å². The predicted octanol–water partition coefficient (Wildman–Crippen LogP) is 3.04. The fourth-order valence-corrected chi connectivity index (χ4v) is 3.39. The van der Waals surface area contributed by atoms with Crippen LogP contribution in [0.15, 0.2) is 36.4 Å². The molecule has 1 aliphatic rings. The number of methoxy groups -OCH3 is 1. The van der Waals surface area contributed by atoms with Crippen LogP contribution < -0.4 is 15.0 Å². The number of fused-ring (bicyclic) bond motifs is 1. The van der Waals surface area contributed by atoms with E-state index in [0.29, 0.717) is 6.54 Å². The molecule has 1 N–H and O–H groups in total. The second-order valence-electron chi connectivity index (χ2n) is 6.43. The fourth-order valence-electron chi connectivity index (χ4n) is 3.39. The third-order valence-electron chi connectivity index (χ3n) is 4.42. The van der Waals surface area contributed by atoms with E-state index in [0.717, 1.165) is 33.7 Å². The topological polar surface area (TPSA) is 58.6 Å². The number of rotatable bonds is 4. The van der Waals surface area contributed by atoms with Crippen LogP contribution in [0.2, 0.25) is 0 Å². The van der Waals surface area contributed by atoms with Gasteiger partial charge < -0.3 is 15.0 Å². The molecule has 0 bridgehead atoms. The zero-order valence-corrected chi connectivity index (χ0v) is 14.9. The first kappa shape index (κ1) is 17.0. The van der Waals surface area contributed by atoms with E-state index in [9.17, 15) is 9.59 Å². The fraction of sp³-hybridized carbons (Fsp3) is 0.300. The number of hydrogen-bond acceptors (Lipinski definition) is 3. The van der Waals surface area contributed by atoms with Gasteiger partial charge in [0.1, 0.15) is 11.8 Å². The Hall–Kier alpha value is -2.82. The van der Waals surface area contributed by atoms with Gasteiger partial charge in [0, 0.05) is 12.5 Å². The van der Waals surface area contributed by atoms with Gasteiger partial charge >= 0.3 is 0 Å². The summed E-state index contributed by atoms with van der Waals surface area (Å²) < 4.78 is 5.18. The number of nitrogens with one attached hydrogen (secondary N) is 1. The number of ether oxygens (including phenoxy) is 1. The molecule has 0 saturated heterocycles. The lowest BCUT2D eigenvalue weighted by molar-refractivity contribution is -0.126. The van der Waals surface area contributed by atoms with Crippen molar-refractivity contribution in [2.45, 2.75) is 33.4 Å². The lowest BCUT2D eigenvalue weighted by Crippen LogP contribution is -2.36. The Balaban J connectivity index is 1.99. The number of aryl methyl sites for hydroxylation is 2. The molecule has 0 aromatic heterocycles. The number of benzene rings is 2. The summed E-state index contributed by atoms with van der Waals surface area (Å²) in [5.41, 5.74) is 4.87. The number of carbonyl (C=O) groups excluding carboxylic acids is 2. The Morgan fingerprint density at radius 3 is 2.48 bits per heavy atom. The lowest BCUT2D eigenvalue weighted by atomic mass is 10.0. The highest BCUT2D eigenvalue weighted by Gasteiger charge is 2.38. The summed E-state index contributed by atoms with van der Waals surface area (Å²) in [5, 5.41) is 2.79. The molecular weight excluding hydrogens is 316 g/mol. The van der Waals surface area contributed by atoms with E-state index < -0.39 is 6.04 Å². The smallest absolute Gasteiger partial charge is 0.254 e. The van der Waals surface area contributed by atoms with Gasteiger partial charge in [-0.2, -0.15) is 0 Å². The monoisotopic (exact) mass is 338 g/mol. The van der Waals surface area contributed by atoms with Crippen LogP contribution in [0.4, 0.5) is 5.69 Å². The molecule has 0 aliphatic carbocycles. The van der Waals surface area contributed by atoms with Crippen molar-refractivity contribution in [2.75, 3.05) is 12.0 Å². The largest absolute Gasteiger partial charge is 0.497 e. The normalized spacial score (nSPS) is 15.9. The Bertz CT molecular complexity index is 828. The maximum Gasteiger partial charge on any atom is 0.254 e. The van der Waals surface area contributed by atoms with Gasteiger partial charge in [-0.05, 0) is 37.1 Å². The molecule has 5 nitrogen and oxygen atoms in total. The molecule has 2 aromatic carbocycles. The summed E-state index contributed by atoms with van der Waals surface area (Å²) in [5.74, 6) is 0.462. The number of carbonyl (C=O) groups is 2. The van der Waals surface area contributed by atoms with Crippen molar-refractivity contribution in [1.29, 1.82) is 0 Å². The van der Waals surface area contributed by atoms with Crippen molar-refractivity contribution in [3.8, 4) is 5.75 Å². The van der Waals surface area contributed by atoms with Crippen LogP contribution in [0.3, 0.4) is 0 Å². The molecule has 0 spiro atoms. The molecule has 1 aliphatic heterocycles. The van der Waals surface area contributed by atoms with Crippen molar-refractivity contribution in [2.24, 2.45) is 0 Å². The second-order valence-corrected chi connectivity index (χ2v) is 6.43. The van der Waals surface area contributed by atoms with E-state index in [1.54, 1.807) is 12.0 Å². The minimum Gasteiger partial charge on any atom is -0.497 e. The molecule has 25 heavy (non-hydrogen) atoms. The van der Waals surface area contributed by atoms with Gasteiger partial charge in [-0.15, -0.1) is 0 Å². The van der Waals surface area contributed by atoms with Gasteiger partial charge in [0.05, 0.1) is 19.3 Å². The van der Waals surface area contributed by atoms with Crippen molar-refractivity contribution >= 4 is 17.5 Å². The zero-order valence-electron chi connectivity index (χ0n) is 14.9. The average molecular weight is 338 g/mol. The van der Waals surface area contributed by atoms with Gasteiger partial charge in [-0.25, -0.2) is 0 Å². The van der Waals surface area contributed by atoms with E-state index in [-0.39, 0.29) is 11.8 Å². The predicted molar refractivity (Wildman–Crippen MR) is 96.7 cm³/mol. The minimum absolute atomic E-state index is 0.102. The van der Waals surface area contributed by atoms with Crippen molar-refractivity contribution in [3.63, 3.8) is 0 Å². The summed E-state index contributed by atoms with van der Waals surface area (Å²) in [4.78, 5) is 26.3. The molecule has 0 unspecified atom stereocenters. The SMILES string of the molecule is COc1ccc(CN2C(=O)[C@H](NC(C)=O)c3cc(C)cc(C)c32)cc1. The number of nitrogens with zero attached hydrogens (tertiary/aromatic N) is 1. The lowest BCUT2D eigenvalue weighted by Gasteiger charge is -2.20. The van der Waals surface area contributed by atoms with Gasteiger partial charge in [0.15, 0.2) is 0 Å². The van der Waals surface area contributed by atoms with E-state index in [1.807, 2.05) is 44.2 Å². The molecule has 130 valence electrons. The van der Waals surface area contributed by atoms with E-state index >= 15 is 0 Å². The summed E-state index contributed by atoms with van der Waals surface area (Å²) in [6.45, 7) is 5.88. The standard InChI is InChI=1S/C20H22N2O3/c1-12-9-13(2)19-17(10-12)18(21-14(3)23)20(24)22(19)11-15-5-7-16(25-4)8-6-15/h5-10,18H,11H2,1-4H3,(H,21,23)/t18-/m1/s1. The zero-order chi connectivity index (χ0) is 18.1. The molecule has 0 radical (unpaired) electrons. The maximum atomic E-state index is 13.0. The quantitative estimate of drug-likeness (QED) is 0.932. The highest BCUT2D eigenvalue weighted by Crippen LogP contribution is 2.40. The van der Waals surface area contributed by atoms with Gasteiger partial charge in [0.25, 0.3) is 5.91 Å². The van der Waals surface area contributed by atoms with Gasteiger partial charge in [-0.1, -0.05) is 29.8 Å². The first-order valence-corrected chi connectivity index (χ1v) is 8.23. The van der Waals surface area contributed by atoms with Crippen molar-refractivity contribution in [1.82, 2.24) is 5.32 Å². The molecule has 5 heteroatoms. The molecule has 1 atom stereocenters. The molecule has 3 rings (SSSR count). The first-order valence-electron chi connectivity index (χ1n) is 8.23. The van der Waals surface area contributed by atoms with Gasteiger partial charge in [0.2, 0.25) is 5.91 Å². The summed E-state index contributed by atoms with van der Waals surface area (Å²) in [6, 6.07) is 11.1. The van der Waals surface area contributed by atoms with Crippen molar-refractivity contribution in [3.05, 3.63) is 58.7 Å². The Kier molecular flexibility index (Phi) is 4.49. The first-order chi connectivity index (χ1) is 11.9. The molecule has 0 fully saturated rings. The minimum atomic E-state index is -0.621. The molecular formula is C20H22N2O3. The van der Waals surface area contributed by atoms with Crippen LogP contribution in [0.1, 0.15) is 35.2 Å². The third-order valence-corrected chi connectivity index (χ3v) is 4.42. The van der Waals surface area contributed by atoms with Crippen LogP contribution in [-0.2, 0) is 16.1 Å². The van der Waals surface area contributed by atoms with Crippen LogP contribution in [0.5, 0.6) is 5.75 Å². The number of amides is 2. The Morgan fingerprint density at radius 2 is 1.88 bits per heavy atom. The molecule has 2 amide bonds. The number of hydrogen-bond donors (Lipinski definition) is 1. The highest BCUT2D eigenvalue weighted by atomic mass is 16.5. The Labute approximate surface area is 147 Å². The van der Waals surface area contributed by atoms with Crippen LogP contribution in [0.25, 0.3) is 0 Å². The average Bonchev–Trinajstić information content (AvgIpc) is 2.81. The Morgan fingerprint density at radius 1 is 1.20 bits per heavy atom. The number of anilines is 1. The van der Waals surface area contributed by atoms with Crippen LogP contribution in [-0.4, -0.2) is 18.9 Å². The summed E-state index contributed by atoms with van der Waals surface area (Å²) in [7, 11) is 1.62. The van der Waals surface area contributed by atoms with Crippen LogP contribution >= 0.6 is 0 Å².